The zero-order chi connectivity index (χ0) is 17.7. The van der Waals surface area contributed by atoms with Gasteiger partial charge in [0.1, 0.15) is 11.3 Å². The fraction of sp³-hybridized carbons (Fsp3) is 0.667. The average molecular weight is 336 g/mol. The number of H-pyrrole nitrogens is 1. The van der Waals surface area contributed by atoms with Gasteiger partial charge >= 0.3 is 12.1 Å². The number of amides is 1. The van der Waals surface area contributed by atoms with Crippen molar-refractivity contribution in [2.45, 2.75) is 65.0 Å². The lowest BCUT2D eigenvalue weighted by atomic mass is 9.95. The Kier molecular flexibility index (Phi) is 5.91. The number of carbonyl (C=O) groups excluding carboxylic acids is 2. The molecule has 0 saturated heterocycles. The summed E-state index contributed by atoms with van der Waals surface area (Å²) in [4.78, 5) is 27.1. The number of aromatic amines is 1. The van der Waals surface area contributed by atoms with E-state index >= 15 is 0 Å². The van der Waals surface area contributed by atoms with Crippen molar-refractivity contribution in [3.8, 4) is 0 Å². The summed E-state index contributed by atoms with van der Waals surface area (Å²) in [5, 5.41) is 2.97. The normalized spacial score (nSPS) is 16.7. The Bertz CT molecular complexity index is 568. The molecule has 24 heavy (non-hydrogen) atoms. The molecule has 6 nitrogen and oxygen atoms in total. The highest BCUT2D eigenvalue weighted by Gasteiger charge is 2.30. The molecule has 1 amide bonds. The maximum atomic E-state index is 12.2. The molecule has 0 aromatic carbocycles. The van der Waals surface area contributed by atoms with E-state index < -0.39 is 11.7 Å². The van der Waals surface area contributed by atoms with E-state index in [-0.39, 0.29) is 12.0 Å². The van der Waals surface area contributed by atoms with Crippen LogP contribution >= 0.6 is 0 Å². The zero-order valence-electron chi connectivity index (χ0n) is 15.0. The predicted octanol–water partition coefficient (Wildman–Crippen LogP) is 3.95. The first kappa shape index (κ1) is 18.4. The van der Waals surface area contributed by atoms with Gasteiger partial charge < -0.3 is 19.8 Å². The monoisotopic (exact) mass is 336 g/mol. The van der Waals surface area contributed by atoms with Crippen LogP contribution in [-0.4, -0.2) is 29.3 Å². The molecule has 1 heterocycles. The molecule has 0 unspecified atom stereocenters. The van der Waals surface area contributed by atoms with E-state index in [0.29, 0.717) is 18.2 Å². The van der Waals surface area contributed by atoms with Crippen molar-refractivity contribution in [2.24, 2.45) is 5.92 Å². The highest BCUT2D eigenvalue weighted by atomic mass is 16.6. The van der Waals surface area contributed by atoms with E-state index in [9.17, 15) is 9.59 Å². The van der Waals surface area contributed by atoms with Gasteiger partial charge in [-0.1, -0.05) is 12.8 Å². The summed E-state index contributed by atoms with van der Waals surface area (Å²) in [7, 11) is 0. The van der Waals surface area contributed by atoms with E-state index in [1.807, 2.05) is 26.8 Å². The molecular weight excluding hydrogens is 308 g/mol. The summed E-state index contributed by atoms with van der Waals surface area (Å²) in [6.45, 7) is 7.61. The smallest absolute Gasteiger partial charge is 0.408 e. The largest absolute Gasteiger partial charge is 0.461 e. The molecule has 1 fully saturated rings. The van der Waals surface area contributed by atoms with Gasteiger partial charge in [0.2, 0.25) is 0 Å². The van der Waals surface area contributed by atoms with Crippen LogP contribution in [0.25, 0.3) is 0 Å². The maximum Gasteiger partial charge on any atom is 0.408 e. The van der Waals surface area contributed by atoms with Crippen LogP contribution in [0.1, 0.15) is 75.6 Å². The summed E-state index contributed by atoms with van der Waals surface area (Å²) in [5.41, 5.74) is 0.674. The van der Waals surface area contributed by atoms with Gasteiger partial charge in [-0.25, -0.2) is 9.59 Å². The fourth-order valence-electron chi connectivity index (χ4n) is 3.10. The lowest BCUT2D eigenvalue weighted by Crippen LogP contribution is -2.37. The lowest BCUT2D eigenvalue weighted by Gasteiger charge is -2.26. The van der Waals surface area contributed by atoms with Crippen molar-refractivity contribution in [3.63, 3.8) is 0 Å². The molecule has 134 valence electrons. The average Bonchev–Trinajstić information content (AvgIpc) is 3.15. The quantitative estimate of drug-likeness (QED) is 0.798. The molecule has 1 aliphatic carbocycles. The molecule has 0 spiro atoms. The topological polar surface area (TPSA) is 80.4 Å². The summed E-state index contributed by atoms with van der Waals surface area (Å²) in [6.07, 6.45) is 3.97. The first-order chi connectivity index (χ1) is 11.3. The van der Waals surface area contributed by atoms with Gasteiger partial charge in [0, 0.05) is 5.69 Å². The first-order valence-electron chi connectivity index (χ1n) is 8.65. The molecule has 6 heteroatoms. The SMILES string of the molecule is CCOC(=O)c1ccc([C@@H](NC(=O)OC(C)(C)C)C2CCCC2)[nH]1. The van der Waals surface area contributed by atoms with Crippen LogP contribution in [-0.2, 0) is 9.47 Å². The van der Waals surface area contributed by atoms with Gasteiger partial charge in [0.15, 0.2) is 0 Å². The minimum atomic E-state index is -0.545. The van der Waals surface area contributed by atoms with Gasteiger partial charge in [0.05, 0.1) is 12.6 Å². The first-order valence-corrected chi connectivity index (χ1v) is 8.65. The van der Waals surface area contributed by atoms with Crippen LogP contribution in [0, 0.1) is 5.92 Å². The van der Waals surface area contributed by atoms with Gasteiger partial charge in [-0.05, 0) is 58.6 Å². The highest BCUT2D eigenvalue weighted by Crippen LogP contribution is 2.35. The molecule has 1 saturated carbocycles. The number of esters is 1. The Morgan fingerprint density at radius 1 is 1.29 bits per heavy atom. The lowest BCUT2D eigenvalue weighted by molar-refractivity contribution is 0.0483. The second kappa shape index (κ2) is 7.73. The van der Waals surface area contributed by atoms with Crippen LogP contribution < -0.4 is 5.32 Å². The third kappa shape index (κ3) is 5.01. The Labute approximate surface area is 143 Å². The molecule has 0 aliphatic heterocycles. The molecule has 1 aromatic rings. The molecule has 2 N–H and O–H groups in total. The summed E-state index contributed by atoms with van der Waals surface area (Å²) in [6, 6.07) is 3.35. The van der Waals surface area contributed by atoms with E-state index in [0.717, 1.165) is 31.4 Å². The van der Waals surface area contributed by atoms with E-state index in [1.165, 1.54) is 0 Å². The minimum Gasteiger partial charge on any atom is -0.461 e. The van der Waals surface area contributed by atoms with Crippen LogP contribution in [0.15, 0.2) is 12.1 Å². The number of ether oxygens (including phenoxy) is 2. The molecular formula is C18H28N2O4. The van der Waals surface area contributed by atoms with Crippen molar-refractivity contribution in [1.29, 1.82) is 0 Å². The van der Waals surface area contributed by atoms with Crippen LogP contribution in [0.2, 0.25) is 0 Å². The number of rotatable bonds is 5. The number of alkyl carbamates (subject to hydrolysis) is 1. The van der Waals surface area contributed by atoms with Gasteiger partial charge in [-0.3, -0.25) is 0 Å². The predicted molar refractivity (Wildman–Crippen MR) is 90.8 cm³/mol. The van der Waals surface area contributed by atoms with Crippen molar-refractivity contribution >= 4 is 12.1 Å². The summed E-state index contributed by atoms with van der Waals surface area (Å²) >= 11 is 0. The summed E-state index contributed by atoms with van der Waals surface area (Å²) in [5.74, 6) is -0.0441. The Hall–Kier alpha value is -1.98. The van der Waals surface area contributed by atoms with Crippen molar-refractivity contribution in [1.82, 2.24) is 10.3 Å². The van der Waals surface area contributed by atoms with Gasteiger partial charge in [-0.2, -0.15) is 0 Å². The molecule has 1 atom stereocenters. The van der Waals surface area contributed by atoms with Gasteiger partial charge in [-0.15, -0.1) is 0 Å². The van der Waals surface area contributed by atoms with Crippen molar-refractivity contribution < 1.29 is 19.1 Å². The third-order valence-electron chi connectivity index (χ3n) is 4.08. The second-order valence-corrected chi connectivity index (χ2v) is 7.22. The van der Waals surface area contributed by atoms with E-state index in [1.54, 1.807) is 13.0 Å². The highest BCUT2D eigenvalue weighted by molar-refractivity contribution is 5.87. The number of carbonyl (C=O) groups is 2. The zero-order valence-corrected chi connectivity index (χ0v) is 15.0. The number of nitrogens with one attached hydrogen (secondary N) is 2. The molecule has 0 bridgehead atoms. The summed E-state index contributed by atoms with van der Waals surface area (Å²) < 4.78 is 10.4. The van der Waals surface area contributed by atoms with E-state index in [4.69, 9.17) is 9.47 Å². The van der Waals surface area contributed by atoms with Crippen LogP contribution in [0.4, 0.5) is 4.79 Å². The Balaban J connectivity index is 2.14. The number of hydrogen-bond donors (Lipinski definition) is 2. The number of aromatic nitrogens is 1. The standard InChI is InChI=1S/C18H28N2O4/c1-5-23-16(21)14-11-10-13(19-14)15(12-8-6-7-9-12)20-17(22)24-18(2,3)4/h10-12,15,19H,5-9H2,1-4H3,(H,20,22)/t15-/m0/s1. The van der Waals surface area contributed by atoms with Crippen LogP contribution in [0.3, 0.4) is 0 Å². The van der Waals surface area contributed by atoms with E-state index in [2.05, 4.69) is 10.3 Å². The third-order valence-corrected chi connectivity index (χ3v) is 4.08. The fourth-order valence-corrected chi connectivity index (χ4v) is 3.10. The molecule has 1 aliphatic rings. The second-order valence-electron chi connectivity index (χ2n) is 7.22. The maximum absolute atomic E-state index is 12.2. The molecule has 0 radical (unpaired) electrons. The van der Waals surface area contributed by atoms with Gasteiger partial charge in [0.25, 0.3) is 0 Å². The minimum absolute atomic E-state index is 0.189. The van der Waals surface area contributed by atoms with Crippen LogP contribution in [0.5, 0.6) is 0 Å². The van der Waals surface area contributed by atoms with Crippen molar-refractivity contribution in [2.75, 3.05) is 6.61 Å². The molecule has 1 aromatic heterocycles. The van der Waals surface area contributed by atoms with Crippen molar-refractivity contribution in [3.05, 3.63) is 23.5 Å². The number of hydrogen-bond acceptors (Lipinski definition) is 4. The Morgan fingerprint density at radius 3 is 2.54 bits per heavy atom. The Morgan fingerprint density at radius 2 is 1.96 bits per heavy atom. The molecule has 2 rings (SSSR count).